The van der Waals surface area contributed by atoms with E-state index < -0.39 is 6.04 Å². The average Bonchev–Trinajstić information content (AvgIpc) is 2.87. The van der Waals surface area contributed by atoms with Gasteiger partial charge in [-0.1, -0.05) is 17.7 Å². The second kappa shape index (κ2) is 11.4. The van der Waals surface area contributed by atoms with Gasteiger partial charge in [0, 0.05) is 50.6 Å². The van der Waals surface area contributed by atoms with Crippen LogP contribution in [-0.2, 0) is 14.4 Å². The first kappa shape index (κ1) is 25.5. The van der Waals surface area contributed by atoms with E-state index in [9.17, 15) is 14.4 Å². The Kier molecular flexibility index (Phi) is 8.10. The molecule has 2 saturated heterocycles. The van der Waals surface area contributed by atoms with Gasteiger partial charge in [0.1, 0.15) is 11.8 Å². The molecule has 0 spiro atoms. The Bertz CT molecular complexity index is 1100. The van der Waals surface area contributed by atoms with Gasteiger partial charge in [-0.15, -0.1) is 0 Å². The highest BCUT2D eigenvalue weighted by molar-refractivity contribution is 5.98. The zero-order chi connectivity index (χ0) is 25.7. The van der Waals surface area contributed by atoms with Gasteiger partial charge in [0.05, 0.1) is 20.1 Å². The molecule has 1 unspecified atom stereocenters. The summed E-state index contributed by atoms with van der Waals surface area (Å²) in [5, 5.41) is 5.69. The lowest BCUT2D eigenvalue weighted by Crippen LogP contribution is -2.60. The zero-order valence-electron chi connectivity index (χ0n) is 21.3. The third kappa shape index (κ3) is 6.15. The molecule has 0 saturated carbocycles. The normalized spacial score (nSPS) is 18.5. The number of aryl methyl sites for hydroxylation is 2. The molecule has 9 heteroatoms. The molecule has 0 aromatic heterocycles. The number of piperazine rings is 2. The lowest BCUT2D eigenvalue weighted by Gasteiger charge is -2.39. The summed E-state index contributed by atoms with van der Waals surface area (Å²) in [7, 11) is 1.65. The number of rotatable bonds is 7. The van der Waals surface area contributed by atoms with E-state index in [2.05, 4.69) is 20.4 Å². The quantitative estimate of drug-likeness (QED) is 0.611. The van der Waals surface area contributed by atoms with Crippen molar-refractivity contribution < 1.29 is 19.1 Å². The van der Waals surface area contributed by atoms with Crippen molar-refractivity contribution in [1.82, 2.24) is 15.1 Å². The molecule has 0 bridgehead atoms. The monoisotopic (exact) mass is 493 g/mol. The van der Waals surface area contributed by atoms with E-state index >= 15 is 0 Å². The molecule has 3 amide bonds. The molecular formula is C27H35N5O4. The van der Waals surface area contributed by atoms with E-state index in [0.29, 0.717) is 13.1 Å². The summed E-state index contributed by atoms with van der Waals surface area (Å²) in [6.07, 6.45) is -0.0733. The van der Waals surface area contributed by atoms with E-state index in [1.54, 1.807) is 12.0 Å². The van der Waals surface area contributed by atoms with Crippen molar-refractivity contribution in [3.63, 3.8) is 0 Å². The van der Waals surface area contributed by atoms with E-state index in [1.165, 1.54) is 0 Å². The summed E-state index contributed by atoms with van der Waals surface area (Å²) in [6, 6.07) is 13.0. The Morgan fingerprint density at radius 2 is 1.75 bits per heavy atom. The number of methoxy groups -OCH3 is 1. The first-order chi connectivity index (χ1) is 17.3. The fraction of sp³-hybridized carbons (Fsp3) is 0.444. The fourth-order valence-electron chi connectivity index (χ4n) is 4.79. The minimum atomic E-state index is -0.808. The van der Waals surface area contributed by atoms with Gasteiger partial charge in [-0.3, -0.25) is 19.3 Å². The summed E-state index contributed by atoms with van der Waals surface area (Å²) >= 11 is 0. The molecule has 0 aliphatic carbocycles. The molecule has 2 fully saturated rings. The van der Waals surface area contributed by atoms with Crippen LogP contribution in [0.3, 0.4) is 0 Å². The van der Waals surface area contributed by atoms with E-state index in [-0.39, 0.29) is 30.7 Å². The van der Waals surface area contributed by atoms with Gasteiger partial charge in [-0.2, -0.15) is 0 Å². The van der Waals surface area contributed by atoms with E-state index in [1.807, 2.05) is 56.3 Å². The lowest BCUT2D eigenvalue weighted by molar-refractivity contribution is -0.145. The highest BCUT2D eigenvalue weighted by atomic mass is 16.5. The molecule has 2 N–H and O–H groups in total. The molecule has 0 radical (unpaired) electrons. The Hall–Kier alpha value is -3.59. The molecule has 2 aromatic rings. The molecular weight excluding hydrogens is 458 g/mol. The SMILES string of the molecule is COc1ccc(N2CCN(CC(=O)N3CCNC(=O)C3CC(=O)Nc3ccc(C)cc3C)CC2)cc1. The fourth-order valence-corrected chi connectivity index (χ4v) is 4.79. The zero-order valence-corrected chi connectivity index (χ0v) is 21.3. The van der Waals surface area contributed by atoms with Gasteiger partial charge >= 0.3 is 0 Å². The number of ether oxygens (including phenoxy) is 1. The van der Waals surface area contributed by atoms with Gasteiger partial charge in [0.2, 0.25) is 17.7 Å². The van der Waals surface area contributed by atoms with Crippen LogP contribution in [0.4, 0.5) is 11.4 Å². The first-order valence-corrected chi connectivity index (χ1v) is 12.4. The second-order valence-electron chi connectivity index (χ2n) is 9.43. The number of nitrogens with one attached hydrogen (secondary N) is 2. The third-order valence-corrected chi connectivity index (χ3v) is 6.85. The number of amides is 3. The topological polar surface area (TPSA) is 94.2 Å². The molecule has 1 atom stereocenters. The Balaban J connectivity index is 1.32. The van der Waals surface area contributed by atoms with Crippen LogP contribution in [0, 0.1) is 13.8 Å². The van der Waals surface area contributed by atoms with Gasteiger partial charge in [-0.25, -0.2) is 0 Å². The maximum atomic E-state index is 13.2. The molecule has 2 aromatic carbocycles. The molecule has 4 rings (SSSR count). The molecule has 2 aliphatic rings. The van der Waals surface area contributed by atoms with Crippen molar-refractivity contribution in [2.75, 3.05) is 63.1 Å². The van der Waals surface area contributed by atoms with Gasteiger partial charge in [0.25, 0.3) is 0 Å². The van der Waals surface area contributed by atoms with Crippen LogP contribution in [0.2, 0.25) is 0 Å². The standard InChI is InChI=1S/C27H35N5O4/c1-19-4-9-23(20(2)16-19)29-25(33)17-24-27(35)28-10-11-32(24)26(34)18-30-12-14-31(15-13-30)21-5-7-22(36-3)8-6-21/h4-9,16,24H,10-15,17-18H2,1-3H3,(H,28,35)(H,29,33). The van der Waals surface area contributed by atoms with E-state index in [4.69, 9.17) is 4.74 Å². The summed E-state index contributed by atoms with van der Waals surface area (Å²) < 4.78 is 5.23. The van der Waals surface area contributed by atoms with E-state index in [0.717, 1.165) is 54.4 Å². The number of anilines is 2. The highest BCUT2D eigenvalue weighted by Crippen LogP contribution is 2.21. The van der Waals surface area contributed by atoms with Crippen LogP contribution >= 0.6 is 0 Å². The van der Waals surface area contributed by atoms with Crippen molar-refractivity contribution in [2.24, 2.45) is 0 Å². The summed E-state index contributed by atoms with van der Waals surface area (Å²) in [5.74, 6) is 0.141. The molecule has 36 heavy (non-hydrogen) atoms. The van der Waals surface area contributed by atoms with Crippen LogP contribution < -0.4 is 20.3 Å². The van der Waals surface area contributed by atoms with Crippen molar-refractivity contribution in [3.8, 4) is 5.75 Å². The summed E-state index contributed by atoms with van der Waals surface area (Å²) in [5.41, 5.74) is 3.91. The highest BCUT2D eigenvalue weighted by Gasteiger charge is 2.35. The summed E-state index contributed by atoms with van der Waals surface area (Å²) in [4.78, 5) is 44.6. The van der Waals surface area contributed by atoms with Crippen LogP contribution in [-0.4, -0.2) is 86.5 Å². The van der Waals surface area contributed by atoms with Gasteiger partial charge in [0.15, 0.2) is 0 Å². The number of carbonyl (C=O) groups excluding carboxylic acids is 3. The Morgan fingerprint density at radius 1 is 1.03 bits per heavy atom. The van der Waals surface area contributed by atoms with Crippen LogP contribution in [0.1, 0.15) is 17.5 Å². The minimum Gasteiger partial charge on any atom is -0.497 e. The number of carbonyl (C=O) groups is 3. The minimum absolute atomic E-state index is 0.0733. The average molecular weight is 494 g/mol. The molecule has 9 nitrogen and oxygen atoms in total. The predicted molar refractivity (Wildman–Crippen MR) is 139 cm³/mol. The number of benzene rings is 2. The van der Waals surface area contributed by atoms with Crippen molar-refractivity contribution >= 4 is 29.1 Å². The van der Waals surface area contributed by atoms with Crippen LogP contribution in [0.5, 0.6) is 5.75 Å². The van der Waals surface area contributed by atoms with Crippen LogP contribution in [0.15, 0.2) is 42.5 Å². The maximum Gasteiger partial charge on any atom is 0.243 e. The molecule has 192 valence electrons. The first-order valence-electron chi connectivity index (χ1n) is 12.4. The van der Waals surface area contributed by atoms with Crippen molar-refractivity contribution in [2.45, 2.75) is 26.3 Å². The number of nitrogens with zero attached hydrogens (tertiary/aromatic N) is 3. The van der Waals surface area contributed by atoms with Gasteiger partial charge < -0.3 is 25.2 Å². The Morgan fingerprint density at radius 3 is 2.42 bits per heavy atom. The smallest absolute Gasteiger partial charge is 0.243 e. The summed E-state index contributed by atoms with van der Waals surface area (Å²) in [6.45, 7) is 8.06. The molecule has 2 aliphatic heterocycles. The van der Waals surface area contributed by atoms with Crippen molar-refractivity contribution in [3.05, 3.63) is 53.6 Å². The van der Waals surface area contributed by atoms with Crippen molar-refractivity contribution in [1.29, 1.82) is 0 Å². The van der Waals surface area contributed by atoms with Crippen LogP contribution in [0.25, 0.3) is 0 Å². The number of hydrogen-bond acceptors (Lipinski definition) is 6. The lowest BCUT2D eigenvalue weighted by atomic mass is 10.1. The molecule has 2 heterocycles. The second-order valence-corrected chi connectivity index (χ2v) is 9.43. The predicted octanol–water partition coefficient (Wildman–Crippen LogP) is 1.79. The Labute approximate surface area is 212 Å². The maximum absolute atomic E-state index is 13.2. The number of hydrogen-bond donors (Lipinski definition) is 2. The largest absolute Gasteiger partial charge is 0.497 e. The third-order valence-electron chi connectivity index (χ3n) is 6.85. The van der Waals surface area contributed by atoms with Gasteiger partial charge in [-0.05, 0) is 49.7 Å².